The van der Waals surface area contributed by atoms with Gasteiger partial charge in [0, 0.05) is 22.7 Å². The highest BCUT2D eigenvalue weighted by Gasteiger charge is 2.14. The average molecular weight is 277 g/mol. The third kappa shape index (κ3) is 3.50. The molecule has 2 aromatic rings. The van der Waals surface area contributed by atoms with Crippen LogP contribution in [0, 0.1) is 6.92 Å². The summed E-state index contributed by atoms with van der Waals surface area (Å²) in [5.74, 6) is 6.83. The minimum atomic E-state index is 0.346. The summed E-state index contributed by atoms with van der Waals surface area (Å²) in [6.07, 6.45) is 0. The molecule has 0 aliphatic rings. The quantitative estimate of drug-likeness (QED) is 0.648. The highest BCUT2D eigenvalue weighted by molar-refractivity contribution is 7.10. The Balaban J connectivity index is 2.10. The molecule has 1 unspecified atom stereocenters. The highest BCUT2D eigenvalue weighted by Crippen LogP contribution is 2.24. The zero-order valence-electron chi connectivity index (χ0n) is 11.4. The molecule has 2 heterocycles. The number of anilines is 1. The van der Waals surface area contributed by atoms with Gasteiger partial charge < -0.3 is 5.43 Å². The van der Waals surface area contributed by atoms with E-state index in [4.69, 9.17) is 5.84 Å². The van der Waals surface area contributed by atoms with E-state index in [0.29, 0.717) is 18.4 Å². The van der Waals surface area contributed by atoms with Crippen LogP contribution in [0.4, 0.5) is 5.82 Å². The van der Waals surface area contributed by atoms with Crippen LogP contribution in [0.1, 0.15) is 29.4 Å². The van der Waals surface area contributed by atoms with Crippen LogP contribution in [-0.4, -0.2) is 21.9 Å². The molecule has 2 aromatic heterocycles. The van der Waals surface area contributed by atoms with E-state index in [1.165, 1.54) is 4.88 Å². The first-order chi connectivity index (χ1) is 9.10. The number of nitrogen functional groups attached to an aromatic ring is 1. The second-order valence-corrected chi connectivity index (χ2v) is 5.54. The Labute approximate surface area is 117 Å². The van der Waals surface area contributed by atoms with Gasteiger partial charge in [-0.1, -0.05) is 6.07 Å². The lowest BCUT2D eigenvalue weighted by atomic mass is 10.2. The van der Waals surface area contributed by atoms with Crippen LogP contribution < -0.4 is 11.3 Å². The van der Waals surface area contributed by atoms with E-state index >= 15 is 0 Å². The molecule has 19 heavy (non-hydrogen) atoms. The molecule has 102 valence electrons. The minimum absolute atomic E-state index is 0.346. The molecule has 0 bridgehead atoms. The summed E-state index contributed by atoms with van der Waals surface area (Å²) >= 11 is 1.77. The number of hydrogen-bond donors (Lipinski definition) is 2. The van der Waals surface area contributed by atoms with Gasteiger partial charge in [0.1, 0.15) is 11.6 Å². The first-order valence-electron chi connectivity index (χ1n) is 6.15. The molecular formula is C13H19N5S. The van der Waals surface area contributed by atoms with Crippen LogP contribution in [0.5, 0.6) is 0 Å². The first-order valence-corrected chi connectivity index (χ1v) is 7.03. The van der Waals surface area contributed by atoms with Gasteiger partial charge in [-0.15, -0.1) is 11.3 Å². The van der Waals surface area contributed by atoms with Gasteiger partial charge in [-0.25, -0.2) is 15.8 Å². The third-order valence-corrected chi connectivity index (χ3v) is 4.10. The summed E-state index contributed by atoms with van der Waals surface area (Å²) in [5, 5.41) is 2.10. The smallest absolute Gasteiger partial charge is 0.145 e. The van der Waals surface area contributed by atoms with Crippen LogP contribution >= 0.6 is 11.3 Å². The molecule has 0 saturated carbocycles. The van der Waals surface area contributed by atoms with Crippen molar-refractivity contribution in [2.75, 3.05) is 12.5 Å². The highest BCUT2D eigenvalue weighted by atomic mass is 32.1. The Morgan fingerprint density at radius 3 is 2.89 bits per heavy atom. The molecule has 0 aliphatic heterocycles. The average Bonchev–Trinajstić information content (AvgIpc) is 2.90. The van der Waals surface area contributed by atoms with Crippen LogP contribution in [0.2, 0.25) is 0 Å². The number of hydrazine groups is 1. The van der Waals surface area contributed by atoms with E-state index in [1.807, 2.05) is 13.0 Å². The summed E-state index contributed by atoms with van der Waals surface area (Å²) in [4.78, 5) is 12.4. The number of rotatable bonds is 5. The Hall–Kier alpha value is -1.50. The zero-order valence-corrected chi connectivity index (χ0v) is 12.2. The summed E-state index contributed by atoms with van der Waals surface area (Å²) in [6, 6.07) is 6.39. The predicted molar refractivity (Wildman–Crippen MR) is 78.8 cm³/mol. The molecule has 0 spiro atoms. The largest absolute Gasteiger partial charge is 0.308 e. The molecule has 2 rings (SSSR count). The summed E-state index contributed by atoms with van der Waals surface area (Å²) in [5.41, 5.74) is 3.48. The van der Waals surface area contributed by atoms with Crippen molar-refractivity contribution in [3.05, 3.63) is 40.0 Å². The summed E-state index contributed by atoms with van der Waals surface area (Å²) < 4.78 is 0. The molecule has 3 N–H and O–H groups in total. The molecule has 0 saturated heterocycles. The Bertz CT molecular complexity index is 526. The number of nitrogens with two attached hydrogens (primary N) is 1. The van der Waals surface area contributed by atoms with Gasteiger partial charge in [0.2, 0.25) is 0 Å². The minimum Gasteiger partial charge on any atom is -0.308 e. The zero-order chi connectivity index (χ0) is 13.8. The fraction of sp³-hybridized carbons (Fsp3) is 0.385. The topological polar surface area (TPSA) is 67.1 Å². The van der Waals surface area contributed by atoms with Crippen molar-refractivity contribution < 1.29 is 0 Å². The van der Waals surface area contributed by atoms with Gasteiger partial charge in [-0.3, -0.25) is 4.90 Å². The van der Waals surface area contributed by atoms with Crippen LogP contribution in [-0.2, 0) is 6.54 Å². The Morgan fingerprint density at radius 2 is 2.26 bits per heavy atom. The van der Waals surface area contributed by atoms with Gasteiger partial charge in [0.15, 0.2) is 0 Å². The van der Waals surface area contributed by atoms with Gasteiger partial charge in [-0.05, 0) is 32.3 Å². The monoisotopic (exact) mass is 277 g/mol. The summed E-state index contributed by atoms with van der Waals surface area (Å²) in [7, 11) is 2.08. The van der Waals surface area contributed by atoms with Gasteiger partial charge in [0.05, 0.1) is 6.54 Å². The standard InChI is InChI=1S/C13H19N5S/c1-9-7-12(17-14)16-13(15-9)8-18(3)10(2)11-5-4-6-19-11/h4-7,10H,8,14H2,1-3H3,(H,15,16,17). The Morgan fingerprint density at radius 1 is 1.47 bits per heavy atom. The Kier molecular flexibility index (Phi) is 4.47. The van der Waals surface area contributed by atoms with Crippen LogP contribution in [0.15, 0.2) is 23.6 Å². The second kappa shape index (κ2) is 6.10. The fourth-order valence-corrected chi connectivity index (χ4v) is 2.73. The molecule has 6 heteroatoms. The molecule has 0 amide bonds. The molecule has 0 radical (unpaired) electrons. The van der Waals surface area contributed by atoms with Crippen molar-refractivity contribution in [3.8, 4) is 0 Å². The molecule has 1 atom stereocenters. The maximum Gasteiger partial charge on any atom is 0.145 e. The normalized spacial score (nSPS) is 12.7. The lowest BCUT2D eigenvalue weighted by molar-refractivity contribution is 0.250. The number of hydrogen-bond acceptors (Lipinski definition) is 6. The maximum absolute atomic E-state index is 5.40. The van der Waals surface area contributed by atoms with Crippen molar-refractivity contribution >= 4 is 17.2 Å². The molecule has 0 aromatic carbocycles. The van der Waals surface area contributed by atoms with E-state index in [2.05, 4.69) is 51.8 Å². The van der Waals surface area contributed by atoms with Crippen molar-refractivity contribution in [1.82, 2.24) is 14.9 Å². The first kappa shape index (κ1) is 13.9. The van der Waals surface area contributed by atoms with Crippen molar-refractivity contribution in [1.29, 1.82) is 0 Å². The van der Waals surface area contributed by atoms with E-state index in [-0.39, 0.29) is 0 Å². The lowest BCUT2D eigenvalue weighted by Crippen LogP contribution is -2.23. The van der Waals surface area contributed by atoms with E-state index in [0.717, 1.165) is 11.5 Å². The SMILES string of the molecule is Cc1cc(NN)nc(CN(C)C(C)c2cccs2)n1. The number of aromatic nitrogens is 2. The van der Waals surface area contributed by atoms with E-state index in [1.54, 1.807) is 11.3 Å². The van der Waals surface area contributed by atoms with Gasteiger partial charge in [-0.2, -0.15) is 0 Å². The molecule has 0 aliphatic carbocycles. The lowest BCUT2D eigenvalue weighted by Gasteiger charge is -2.23. The van der Waals surface area contributed by atoms with Gasteiger partial charge in [0.25, 0.3) is 0 Å². The number of thiophene rings is 1. The molecular weight excluding hydrogens is 258 g/mol. The third-order valence-electron chi connectivity index (χ3n) is 3.06. The van der Waals surface area contributed by atoms with Crippen molar-refractivity contribution in [3.63, 3.8) is 0 Å². The number of nitrogens with one attached hydrogen (secondary N) is 1. The second-order valence-electron chi connectivity index (χ2n) is 4.56. The fourth-order valence-electron chi connectivity index (χ4n) is 1.88. The summed E-state index contributed by atoms with van der Waals surface area (Å²) in [6.45, 7) is 4.81. The van der Waals surface area contributed by atoms with Crippen LogP contribution in [0.3, 0.4) is 0 Å². The van der Waals surface area contributed by atoms with E-state index < -0.39 is 0 Å². The van der Waals surface area contributed by atoms with Crippen molar-refractivity contribution in [2.45, 2.75) is 26.4 Å². The number of nitrogens with zero attached hydrogens (tertiary/aromatic N) is 3. The van der Waals surface area contributed by atoms with Gasteiger partial charge >= 0.3 is 0 Å². The van der Waals surface area contributed by atoms with Crippen LogP contribution in [0.25, 0.3) is 0 Å². The van der Waals surface area contributed by atoms with E-state index in [9.17, 15) is 0 Å². The molecule has 5 nitrogen and oxygen atoms in total. The predicted octanol–water partition coefficient (Wildman–Crippen LogP) is 2.33. The number of aryl methyl sites for hydroxylation is 1. The maximum atomic E-state index is 5.40. The van der Waals surface area contributed by atoms with Crippen molar-refractivity contribution in [2.24, 2.45) is 5.84 Å². The molecule has 0 fully saturated rings.